The van der Waals surface area contributed by atoms with Crippen molar-refractivity contribution in [1.82, 2.24) is 0 Å². The van der Waals surface area contributed by atoms with E-state index in [1.54, 1.807) is 12.1 Å². The number of carbonyl (C=O) groups is 3. The molecule has 2 bridgehead atoms. The van der Waals surface area contributed by atoms with Crippen molar-refractivity contribution < 1.29 is 14.4 Å². The van der Waals surface area contributed by atoms with Crippen LogP contribution in [0.1, 0.15) is 37.8 Å². The summed E-state index contributed by atoms with van der Waals surface area (Å²) in [7, 11) is 0. The van der Waals surface area contributed by atoms with Crippen LogP contribution in [-0.4, -0.2) is 17.6 Å². The number of fused-ring (bicyclic) bond motifs is 5. The maximum atomic E-state index is 14.6. The summed E-state index contributed by atoms with van der Waals surface area (Å²) in [6.07, 6.45) is 1.26. The van der Waals surface area contributed by atoms with E-state index < -0.39 is 22.7 Å². The molecular formula is C31H27NO3. The first kappa shape index (κ1) is 21.7. The van der Waals surface area contributed by atoms with E-state index in [-0.39, 0.29) is 17.6 Å². The summed E-state index contributed by atoms with van der Waals surface area (Å²) in [5.41, 5.74) is 2.18. The number of para-hydroxylation sites is 1. The number of amides is 2. The predicted octanol–water partition coefficient (Wildman–Crippen LogP) is 5.79. The Labute approximate surface area is 205 Å². The summed E-state index contributed by atoms with van der Waals surface area (Å²) in [6, 6.07) is 29.0. The molecule has 0 spiro atoms. The van der Waals surface area contributed by atoms with Gasteiger partial charge < -0.3 is 0 Å². The van der Waals surface area contributed by atoms with Gasteiger partial charge in [-0.15, -0.1) is 0 Å². The quantitative estimate of drug-likeness (QED) is 0.452. The third kappa shape index (κ3) is 2.60. The number of rotatable bonds is 5. The topological polar surface area (TPSA) is 54.5 Å². The second-order valence-electron chi connectivity index (χ2n) is 10.0. The Balaban J connectivity index is 1.67. The maximum Gasteiger partial charge on any atom is 0.239 e. The SMILES string of the molecule is CCC[C@]12C(=O)[C@@](C)(C(c3ccccc3)=C1c1ccccc1)[C@@H]1C(=O)N(c3ccccc3)C(=O)[C@H]12. The van der Waals surface area contributed by atoms with Crippen molar-refractivity contribution in [3.05, 3.63) is 102 Å². The van der Waals surface area contributed by atoms with Crippen molar-refractivity contribution in [2.75, 3.05) is 4.90 Å². The molecule has 1 heterocycles. The number of nitrogens with zero attached hydrogens (tertiary/aromatic N) is 1. The molecule has 0 radical (unpaired) electrons. The Kier molecular flexibility index (Phi) is 4.72. The first-order chi connectivity index (χ1) is 17.0. The molecule has 3 aromatic carbocycles. The Hall–Kier alpha value is -3.79. The van der Waals surface area contributed by atoms with Crippen molar-refractivity contribution in [1.29, 1.82) is 0 Å². The number of carbonyl (C=O) groups excluding carboxylic acids is 3. The number of imide groups is 1. The fraction of sp³-hybridized carbons (Fsp3) is 0.258. The van der Waals surface area contributed by atoms with Gasteiger partial charge in [0.25, 0.3) is 0 Å². The highest BCUT2D eigenvalue weighted by Crippen LogP contribution is 2.74. The molecule has 3 aromatic rings. The molecule has 1 saturated carbocycles. The van der Waals surface area contributed by atoms with Gasteiger partial charge in [0.15, 0.2) is 5.78 Å². The Morgan fingerprint density at radius 2 is 1.17 bits per heavy atom. The third-order valence-electron chi connectivity index (χ3n) is 8.34. The van der Waals surface area contributed by atoms with E-state index in [1.165, 1.54) is 4.90 Å². The molecule has 4 nitrogen and oxygen atoms in total. The standard InChI is InChI=1S/C31H27NO3/c1-3-19-31-24(21-15-9-5-10-16-21)23(20-13-7-4-8-14-20)30(2,29(31)35)25-26(31)28(34)32(27(25)33)22-17-11-6-12-18-22/h4-18,25-26H,3,19H2,1-2H3/t25-,26-,30-,31-/m0/s1. The molecular weight excluding hydrogens is 434 g/mol. The summed E-state index contributed by atoms with van der Waals surface area (Å²) < 4.78 is 0. The normalized spacial score (nSPS) is 29.3. The molecule has 35 heavy (non-hydrogen) atoms. The second-order valence-corrected chi connectivity index (χ2v) is 10.0. The van der Waals surface area contributed by atoms with E-state index in [1.807, 2.05) is 92.7 Å². The van der Waals surface area contributed by atoms with Crippen LogP contribution in [0.3, 0.4) is 0 Å². The van der Waals surface area contributed by atoms with Crippen molar-refractivity contribution in [3.63, 3.8) is 0 Å². The van der Waals surface area contributed by atoms with Crippen LogP contribution in [0, 0.1) is 22.7 Å². The summed E-state index contributed by atoms with van der Waals surface area (Å²) in [5.74, 6) is -1.90. The first-order valence-electron chi connectivity index (χ1n) is 12.3. The second kappa shape index (κ2) is 7.61. The van der Waals surface area contributed by atoms with Gasteiger partial charge in [-0.05, 0) is 47.8 Å². The molecule has 4 heteroatoms. The van der Waals surface area contributed by atoms with Crippen LogP contribution in [0.25, 0.3) is 11.1 Å². The van der Waals surface area contributed by atoms with Crippen molar-refractivity contribution in [2.24, 2.45) is 22.7 Å². The van der Waals surface area contributed by atoms with Gasteiger partial charge in [-0.25, -0.2) is 4.90 Å². The number of hydrogen-bond donors (Lipinski definition) is 0. The Morgan fingerprint density at radius 1 is 0.686 bits per heavy atom. The lowest BCUT2D eigenvalue weighted by atomic mass is 9.61. The zero-order valence-corrected chi connectivity index (χ0v) is 19.9. The summed E-state index contributed by atoms with van der Waals surface area (Å²) >= 11 is 0. The largest absolute Gasteiger partial charge is 0.298 e. The van der Waals surface area contributed by atoms with Crippen LogP contribution in [0.2, 0.25) is 0 Å². The number of ketones is 1. The van der Waals surface area contributed by atoms with E-state index in [9.17, 15) is 14.4 Å². The number of hydrogen-bond acceptors (Lipinski definition) is 3. The predicted molar refractivity (Wildman–Crippen MR) is 136 cm³/mol. The average molecular weight is 462 g/mol. The van der Waals surface area contributed by atoms with Gasteiger partial charge in [0.1, 0.15) is 0 Å². The molecule has 174 valence electrons. The first-order valence-corrected chi connectivity index (χ1v) is 12.3. The lowest BCUT2D eigenvalue weighted by Gasteiger charge is -2.37. The molecule has 1 saturated heterocycles. The van der Waals surface area contributed by atoms with Gasteiger partial charge in [0.05, 0.1) is 28.4 Å². The third-order valence-corrected chi connectivity index (χ3v) is 8.34. The minimum Gasteiger partial charge on any atom is -0.298 e. The van der Waals surface area contributed by atoms with Gasteiger partial charge in [-0.3, -0.25) is 14.4 Å². The van der Waals surface area contributed by atoms with Crippen LogP contribution in [0.15, 0.2) is 91.0 Å². The van der Waals surface area contributed by atoms with Gasteiger partial charge in [-0.2, -0.15) is 0 Å². The zero-order valence-electron chi connectivity index (χ0n) is 19.9. The molecule has 0 N–H and O–H groups in total. The highest BCUT2D eigenvalue weighted by atomic mass is 16.2. The van der Waals surface area contributed by atoms with Crippen LogP contribution in [0.5, 0.6) is 0 Å². The lowest BCUT2D eigenvalue weighted by Crippen LogP contribution is -2.41. The van der Waals surface area contributed by atoms with Crippen molar-refractivity contribution in [3.8, 4) is 0 Å². The molecule has 2 aliphatic carbocycles. The minimum absolute atomic E-state index is 0.0222. The Bertz CT molecular complexity index is 1380. The van der Waals surface area contributed by atoms with Gasteiger partial charge in [0, 0.05) is 0 Å². The van der Waals surface area contributed by atoms with E-state index in [4.69, 9.17) is 0 Å². The molecule has 2 amide bonds. The van der Waals surface area contributed by atoms with Crippen LogP contribution < -0.4 is 4.90 Å². The molecule has 3 aliphatic rings. The van der Waals surface area contributed by atoms with Crippen LogP contribution in [-0.2, 0) is 14.4 Å². The highest BCUT2D eigenvalue weighted by molar-refractivity contribution is 6.34. The van der Waals surface area contributed by atoms with E-state index in [0.29, 0.717) is 12.1 Å². The van der Waals surface area contributed by atoms with E-state index in [0.717, 1.165) is 28.7 Å². The Morgan fingerprint density at radius 3 is 1.71 bits per heavy atom. The average Bonchev–Trinajstić information content (AvgIpc) is 3.35. The number of Topliss-reactive ketones (excluding diaryl/α,β-unsaturated/α-hetero) is 1. The fourth-order valence-corrected chi connectivity index (χ4v) is 7.19. The number of anilines is 1. The summed E-state index contributed by atoms with van der Waals surface area (Å²) in [6.45, 7) is 3.95. The summed E-state index contributed by atoms with van der Waals surface area (Å²) in [5, 5.41) is 0. The van der Waals surface area contributed by atoms with E-state index >= 15 is 0 Å². The molecule has 4 atom stereocenters. The van der Waals surface area contributed by atoms with Gasteiger partial charge >= 0.3 is 0 Å². The molecule has 0 aromatic heterocycles. The van der Waals surface area contributed by atoms with Gasteiger partial charge in [-0.1, -0.05) is 92.2 Å². The minimum atomic E-state index is -1.08. The summed E-state index contributed by atoms with van der Waals surface area (Å²) in [4.78, 5) is 44.0. The van der Waals surface area contributed by atoms with Crippen LogP contribution in [0.4, 0.5) is 5.69 Å². The van der Waals surface area contributed by atoms with E-state index in [2.05, 4.69) is 0 Å². The number of allylic oxidation sites excluding steroid dienone is 2. The fourth-order valence-electron chi connectivity index (χ4n) is 7.19. The van der Waals surface area contributed by atoms with Crippen LogP contribution >= 0.6 is 0 Å². The lowest BCUT2D eigenvalue weighted by molar-refractivity contribution is -0.134. The molecule has 6 rings (SSSR count). The van der Waals surface area contributed by atoms with Crippen molar-refractivity contribution >= 4 is 34.4 Å². The zero-order chi connectivity index (χ0) is 24.4. The van der Waals surface area contributed by atoms with Crippen molar-refractivity contribution in [2.45, 2.75) is 26.7 Å². The molecule has 1 aliphatic heterocycles. The number of benzene rings is 3. The maximum absolute atomic E-state index is 14.6. The van der Waals surface area contributed by atoms with Gasteiger partial charge in [0.2, 0.25) is 11.8 Å². The molecule has 0 unspecified atom stereocenters. The monoisotopic (exact) mass is 461 g/mol. The smallest absolute Gasteiger partial charge is 0.239 e. The highest BCUT2D eigenvalue weighted by Gasteiger charge is 2.79. The molecule has 2 fully saturated rings.